The zero-order valence-corrected chi connectivity index (χ0v) is 43.5. The minimum absolute atomic E-state index is 0. The maximum Gasteiger partial charge on any atom is 0.471 e. The zero-order chi connectivity index (χ0) is 57.0. The summed E-state index contributed by atoms with van der Waals surface area (Å²) >= 11 is 0. The summed E-state index contributed by atoms with van der Waals surface area (Å²) in [5.41, 5.74) is 2.29. The van der Waals surface area contributed by atoms with Gasteiger partial charge in [0.2, 0.25) is 0 Å². The van der Waals surface area contributed by atoms with Crippen LogP contribution in [-0.4, -0.2) is 117 Å². The molecule has 0 aromatic carbocycles. The summed E-state index contributed by atoms with van der Waals surface area (Å²) in [5.74, 6) is 8.35. The average Bonchev–Trinajstić information content (AvgIpc) is 4.05. The second kappa shape index (κ2) is 29.9. The Morgan fingerprint density at radius 1 is 0.724 bits per heavy atom. The summed E-state index contributed by atoms with van der Waals surface area (Å²) in [6.07, 6.45) is -6.60. The monoisotopic (exact) mass is 1220 g/mol. The number of aromatic amines is 2. The molecule has 2 aliphatic rings. The van der Waals surface area contributed by atoms with Crippen LogP contribution in [0.15, 0.2) is 31.6 Å². The number of aromatic nitrogens is 4. The molecule has 0 radical (unpaired) electrons. The van der Waals surface area contributed by atoms with Gasteiger partial charge in [0.1, 0.15) is 0 Å². The number of halogens is 3. The Morgan fingerprint density at radius 2 is 1.12 bits per heavy atom. The first kappa shape index (κ1) is 66.4. The number of hydrogen-bond donors (Lipinski definition) is 8. The molecule has 2 saturated heterocycles. The summed E-state index contributed by atoms with van der Waals surface area (Å²) in [4.78, 5) is 110. The maximum absolute atomic E-state index is 12.3. The second-order valence-corrected chi connectivity index (χ2v) is 34.9. The minimum Gasteiger partial charge on any atom is -0.162 e. The van der Waals surface area contributed by atoms with Crippen LogP contribution in [0, 0.1) is 23.7 Å². The molecule has 0 aliphatic carbocycles. The number of carbonyl (C=O) groups is 1. The molecule has 4 unspecified atom stereocenters. The van der Waals surface area contributed by atoms with Gasteiger partial charge in [0, 0.05) is 15.9 Å². The third kappa shape index (κ3) is 16.4. The van der Waals surface area contributed by atoms with Gasteiger partial charge in [0.15, 0.2) is 0 Å². The predicted molar refractivity (Wildman–Crippen MR) is 239 cm³/mol. The summed E-state index contributed by atoms with van der Waals surface area (Å²) in [6, 6.07) is 0. The van der Waals surface area contributed by atoms with Crippen molar-refractivity contribution < 1.29 is 136 Å². The Balaban J connectivity index is 0.000000769. The summed E-state index contributed by atoms with van der Waals surface area (Å²) in [5, 5.41) is 42.9. The number of nitrogens with one attached hydrogen (secondary N) is 3. The first-order valence-corrected chi connectivity index (χ1v) is 32.1. The average molecular weight is 1220 g/mol. The van der Waals surface area contributed by atoms with Crippen LogP contribution >= 0.6 is 44.2 Å². The molecule has 76 heavy (non-hydrogen) atoms. The number of amides is 1. The van der Waals surface area contributed by atoms with E-state index in [1.54, 1.807) is 5.32 Å². The zero-order valence-electron chi connectivity index (χ0n) is 38.1. The summed E-state index contributed by atoms with van der Waals surface area (Å²) in [6.45, 7) is -14.8. The van der Waals surface area contributed by atoms with Crippen molar-refractivity contribution in [2.24, 2.45) is 5.73 Å². The summed E-state index contributed by atoms with van der Waals surface area (Å²) < 4.78 is 130. The van der Waals surface area contributed by atoms with Crippen LogP contribution in [0.25, 0.3) is 0 Å². The molecule has 1 amide bonds. The molecule has 2 aromatic rings. The number of rotatable bonds is 27. The molecule has 35 nitrogen and oxygen atoms in total. The molecule has 2 aliphatic heterocycles. The van der Waals surface area contributed by atoms with Crippen LogP contribution < -0.4 is 53.1 Å². The number of alkyl halides is 3. The molecule has 430 valence electrons. The van der Waals surface area contributed by atoms with E-state index in [-0.39, 0.29) is 72.3 Å². The molecule has 2 aromatic heterocycles. The van der Waals surface area contributed by atoms with E-state index in [0.29, 0.717) is 13.2 Å². The van der Waals surface area contributed by atoms with Crippen molar-refractivity contribution in [1.82, 2.24) is 24.4 Å². The van der Waals surface area contributed by atoms with E-state index in [9.17, 15) is 75.0 Å². The Labute approximate surface area is 427 Å². The Morgan fingerprint density at radius 3 is 1.46 bits per heavy atom. The van der Waals surface area contributed by atoms with Gasteiger partial charge in [-0.15, -0.1) is 0 Å². The van der Waals surface area contributed by atoms with Gasteiger partial charge >= 0.3 is 360 Å². The largest absolute Gasteiger partial charge is 0.471 e. The molecular formula is C32H47F3N6O29P6. The number of nitrogens with two attached hydrogens (primary N) is 1. The first-order valence-electron chi connectivity index (χ1n) is 20.6. The van der Waals surface area contributed by atoms with Crippen LogP contribution in [0.3, 0.4) is 0 Å². The molecular weight excluding hydrogens is 1180 g/mol. The third-order valence-corrected chi connectivity index (χ3v) is 29.2. The Bertz CT molecular complexity index is 2760. The van der Waals surface area contributed by atoms with Gasteiger partial charge in [-0.1, -0.05) is 0 Å². The van der Waals surface area contributed by atoms with E-state index in [1.807, 2.05) is 4.98 Å². The van der Waals surface area contributed by atoms with Gasteiger partial charge < -0.3 is 20.5 Å². The molecule has 0 saturated carbocycles. The number of H-pyrrole nitrogens is 2. The van der Waals surface area contributed by atoms with Crippen molar-refractivity contribution in [3.63, 3.8) is 0 Å². The van der Waals surface area contributed by atoms with Gasteiger partial charge in [-0.2, -0.15) is 13.2 Å². The van der Waals surface area contributed by atoms with E-state index >= 15 is 0 Å². The summed E-state index contributed by atoms with van der Waals surface area (Å²) in [7, 11) is -17.4. The molecule has 4 heterocycles. The molecule has 0 spiro atoms. The van der Waals surface area contributed by atoms with Crippen LogP contribution in [0.2, 0.25) is 0 Å². The predicted octanol–water partition coefficient (Wildman–Crippen LogP) is -0.795. The molecule has 4 rings (SSSR count). The molecule has 0 bridgehead atoms. The van der Waals surface area contributed by atoms with Gasteiger partial charge in [-0.25, -0.2) is 0 Å². The maximum atomic E-state index is 12.3. The van der Waals surface area contributed by atoms with Crippen molar-refractivity contribution in [3.05, 3.63) is 65.2 Å². The fourth-order valence-electron chi connectivity index (χ4n) is 6.03. The van der Waals surface area contributed by atoms with Crippen molar-refractivity contribution in [1.29, 1.82) is 0 Å². The SMILES string of the molecule is NCCOCC#CCc1cn([C@H]2CC[C@@H](COP(OO)(OOO)([P+](=O)[O-])[P+](=O)[O-])O2)c(=O)[nH]c1=O.O=C(NCCOCC#CCc1cn([C@H]2CC[C@@H](COP(OO)(OOO)([P+](=O)[O-])[P+](=O)[O-])O2)c(=O)[nH]c1=O)C(F)(F)F.[HH].[HH]. The van der Waals surface area contributed by atoms with E-state index in [0.717, 1.165) is 15.3 Å². The van der Waals surface area contributed by atoms with E-state index in [4.69, 9.17) is 54.8 Å². The fourth-order valence-corrected chi connectivity index (χ4v) is 14.9. The van der Waals surface area contributed by atoms with Crippen LogP contribution in [-0.2, 0) is 92.7 Å². The minimum atomic E-state index is -6.50. The smallest absolute Gasteiger partial charge is 0.162 e. The number of nitrogens with zero attached hydrogens (tertiary/aromatic N) is 2. The van der Waals surface area contributed by atoms with Crippen molar-refractivity contribution >= 4 is 50.1 Å². The van der Waals surface area contributed by atoms with Crippen LogP contribution in [0.5, 0.6) is 0 Å². The molecule has 2 fully saturated rings. The normalized spacial score (nSPS) is 19.5. The third-order valence-electron chi connectivity index (χ3n) is 9.74. The quantitative estimate of drug-likeness (QED) is 0.0179. The van der Waals surface area contributed by atoms with Gasteiger partial charge in [-0.05, 0) is 0 Å². The number of carbonyl (C=O) groups excluding carboxylic acids is 1. The standard InChI is InChI=1S/C17H21F3N3O15P3.C15H22N3O14P3.2H2/c18-17(19,20)15(25)21-6-8-33-7-2-1-3-11-9-23(16(26)22-14(11)24)13-5-4-12(35-13)10-34-41(37-28,38-36-27,39(29)30)40(31)32;16-6-8-27-7-2-1-3-11-9-18(15(20)17-14(11)19)13-5-4-12(29-13)10-28-35(31-22,32-30-21,33(23)24)34(25)26;;/h9,12-13,27-28H,3-8,10H2,(H,21,25)(H,22,24,26);9,12-13,21-22H,3-8,10,16H2,(H,17,19,20);2*1H/t2*12-,13+;;/m00../s1. The number of hydrogen-bond acceptors (Lipinski definition) is 30. The Hall–Kier alpha value is -3.84. The second-order valence-electron chi connectivity index (χ2n) is 14.5. The first-order chi connectivity index (χ1) is 35.8. The van der Waals surface area contributed by atoms with E-state index in [2.05, 4.69) is 57.4 Å². The van der Waals surface area contributed by atoms with E-state index in [1.165, 1.54) is 6.20 Å². The van der Waals surface area contributed by atoms with Crippen molar-refractivity contribution in [2.75, 3.05) is 52.7 Å². The molecule has 44 heteroatoms. The van der Waals surface area contributed by atoms with Crippen molar-refractivity contribution in [3.8, 4) is 23.7 Å². The van der Waals surface area contributed by atoms with Gasteiger partial charge in [0.25, 0.3) is 0 Å². The topological polar surface area (TPSA) is 517 Å². The van der Waals surface area contributed by atoms with Crippen molar-refractivity contribution in [2.45, 2.75) is 69.4 Å². The van der Waals surface area contributed by atoms with E-state index < -0.39 is 123 Å². The molecule has 9 N–H and O–H groups in total. The Kier molecular flexibility index (Phi) is 26.2. The fraction of sp³-hybridized carbons (Fsp3) is 0.594. The van der Waals surface area contributed by atoms with Gasteiger partial charge in [-0.3, -0.25) is 4.79 Å². The van der Waals surface area contributed by atoms with Gasteiger partial charge in [0.05, 0.1) is 13.2 Å². The van der Waals surface area contributed by atoms with Crippen LogP contribution in [0.1, 0.15) is 52.1 Å². The number of ether oxygens (including phenoxy) is 4. The van der Waals surface area contributed by atoms with Crippen LogP contribution in [0.4, 0.5) is 13.2 Å². The molecule has 8 atom stereocenters.